The minimum absolute atomic E-state index is 0.000882. The van der Waals surface area contributed by atoms with E-state index in [1.807, 2.05) is 18.2 Å². The van der Waals surface area contributed by atoms with Crippen LogP contribution in [0.15, 0.2) is 36.0 Å². The maximum absolute atomic E-state index is 12.0. The molecule has 0 spiro atoms. The van der Waals surface area contributed by atoms with Crippen LogP contribution in [0.1, 0.15) is 31.2 Å². The summed E-state index contributed by atoms with van der Waals surface area (Å²) >= 11 is 0. The minimum atomic E-state index is -0.798. The molecule has 0 aliphatic heterocycles. The molecular weight excluding hydrogens is 322 g/mol. The fraction of sp³-hybridized carbons (Fsp3) is 0.389. The number of methoxy groups -OCH3 is 1. The molecule has 0 atom stereocenters. The van der Waals surface area contributed by atoms with Crippen LogP contribution >= 0.6 is 0 Å². The standard InChI is InChI=1S/C18H23N3O4/c1-25-16-8-6-14(7-9-16)12-21-18(24)15(11-19)13-20-10-4-2-3-5-17(22)23/h6-9,13,20H,2-5,10,12H2,1H3,(H,21,24)(H,22,23)/b15-13-. The summed E-state index contributed by atoms with van der Waals surface area (Å²) in [4.78, 5) is 22.4. The van der Waals surface area contributed by atoms with Crippen LogP contribution in [0, 0.1) is 11.3 Å². The summed E-state index contributed by atoms with van der Waals surface area (Å²) in [5, 5.41) is 23.2. The van der Waals surface area contributed by atoms with Crippen LogP contribution in [0.3, 0.4) is 0 Å². The van der Waals surface area contributed by atoms with Gasteiger partial charge in [0.05, 0.1) is 7.11 Å². The molecule has 1 amide bonds. The lowest BCUT2D eigenvalue weighted by atomic mass is 10.2. The highest BCUT2D eigenvalue weighted by Crippen LogP contribution is 2.11. The van der Waals surface area contributed by atoms with E-state index >= 15 is 0 Å². The number of nitrogens with one attached hydrogen (secondary N) is 2. The first-order valence-electron chi connectivity index (χ1n) is 8.03. The van der Waals surface area contributed by atoms with Crippen LogP contribution in [-0.4, -0.2) is 30.6 Å². The highest BCUT2D eigenvalue weighted by molar-refractivity contribution is 5.97. The first-order valence-corrected chi connectivity index (χ1v) is 8.03. The van der Waals surface area contributed by atoms with Gasteiger partial charge in [-0.15, -0.1) is 0 Å². The molecule has 0 radical (unpaired) electrons. The molecule has 0 saturated heterocycles. The van der Waals surface area contributed by atoms with E-state index < -0.39 is 11.9 Å². The number of carbonyl (C=O) groups is 2. The van der Waals surface area contributed by atoms with Gasteiger partial charge >= 0.3 is 5.97 Å². The number of rotatable bonds is 11. The lowest BCUT2D eigenvalue weighted by molar-refractivity contribution is -0.137. The third-order valence-electron chi connectivity index (χ3n) is 3.44. The molecule has 0 fully saturated rings. The number of aliphatic carboxylic acids is 1. The van der Waals surface area contributed by atoms with E-state index in [9.17, 15) is 9.59 Å². The molecule has 0 saturated carbocycles. The van der Waals surface area contributed by atoms with Gasteiger partial charge in [-0.05, 0) is 30.5 Å². The zero-order valence-electron chi connectivity index (χ0n) is 14.2. The lowest BCUT2D eigenvalue weighted by Gasteiger charge is -2.06. The number of nitrogens with zero attached hydrogens (tertiary/aromatic N) is 1. The topological polar surface area (TPSA) is 111 Å². The zero-order chi connectivity index (χ0) is 18.5. The number of carbonyl (C=O) groups excluding carboxylic acids is 1. The maximum Gasteiger partial charge on any atom is 0.303 e. The Morgan fingerprint density at radius 1 is 1.24 bits per heavy atom. The minimum Gasteiger partial charge on any atom is -0.497 e. The predicted octanol–water partition coefficient (Wildman–Crippen LogP) is 1.95. The fourth-order valence-corrected chi connectivity index (χ4v) is 2.02. The van der Waals surface area contributed by atoms with Crippen molar-refractivity contribution >= 4 is 11.9 Å². The number of benzene rings is 1. The van der Waals surface area contributed by atoms with Gasteiger partial charge in [0.2, 0.25) is 0 Å². The zero-order valence-corrected chi connectivity index (χ0v) is 14.2. The van der Waals surface area contributed by atoms with E-state index in [-0.39, 0.29) is 12.0 Å². The molecule has 0 aromatic heterocycles. The molecule has 1 aromatic rings. The van der Waals surface area contributed by atoms with Crippen molar-refractivity contribution in [1.29, 1.82) is 5.26 Å². The van der Waals surface area contributed by atoms with Crippen LogP contribution in [0.25, 0.3) is 0 Å². The van der Waals surface area contributed by atoms with E-state index in [2.05, 4.69) is 10.6 Å². The first kappa shape index (κ1) is 20.0. The summed E-state index contributed by atoms with van der Waals surface area (Å²) in [7, 11) is 1.58. The van der Waals surface area contributed by atoms with Gasteiger partial charge in [0.15, 0.2) is 0 Å². The van der Waals surface area contributed by atoms with Gasteiger partial charge in [0.1, 0.15) is 17.4 Å². The summed E-state index contributed by atoms with van der Waals surface area (Å²) < 4.78 is 5.06. The second kappa shape index (κ2) is 11.5. The van der Waals surface area contributed by atoms with Gasteiger partial charge in [-0.1, -0.05) is 18.6 Å². The predicted molar refractivity (Wildman–Crippen MR) is 92.6 cm³/mol. The summed E-state index contributed by atoms with van der Waals surface area (Å²) in [6.45, 7) is 0.896. The molecule has 7 heteroatoms. The number of carboxylic acids is 1. The van der Waals surface area contributed by atoms with Gasteiger partial charge in [-0.2, -0.15) is 5.26 Å². The molecular formula is C18H23N3O4. The summed E-state index contributed by atoms with van der Waals surface area (Å²) in [5.41, 5.74) is 0.900. The molecule has 0 bridgehead atoms. The van der Waals surface area contributed by atoms with Crippen LogP contribution in [0.4, 0.5) is 0 Å². The maximum atomic E-state index is 12.0. The fourth-order valence-electron chi connectivity index (χ4n) is 2.02. The molecule has 1 aromatic carbocycles. The second-order valence-electron chi connectivity index (χ2n) is 5.36. The molecule has 0 aliphatic rings. The number of ether oxygens (including phenoxy) is 1. The first-order chi connectivity index (χ1) is 12.1. The van der Waals surface area contributed by atoms with Crippen molar-refractivity contribution in [3.63, 3.8) is 0 Å². The van der Waals surface area contributed by atoms with E-state index in [1.54, 1.807) is 19.2 Å². The number of unbranched alkanes of at least 4 members (excludes halogenated alkanes) is 2. The lowest BCUT2D eigenvalue weighted by Crippen LogP contribution is -2.25. The van der Waals surface area contributed by atoms with Gasteiger partial charge in [-0.25, -0.2) is 0 Å². The highest BCUT2D eigenvalue weighted by Gasteiger charge is 2.08. The second-order valence-corrected chi connectivity index (χ2v) is 5.36. The van der Waals surface area contributed by atoms with Crippen molar-refractivity contribution in [2.75, 3.05) is 13.7 Å². The van der Waals surface area contributed by atoms with Gasteiger partial charge < -0.3 is 20.5 Å². The van der Waals surface area contributed by atoms with E-state index in [0.717, 1.165) is 24.2 Å². The van der Waals surface area contributed by atoms with Crippen molar-refractivity contribution < 1.29 is 19.4 Å². The van der Waals surface area contributed by atoms with Crippen molar-refractivity contribution in [2.24, 2.45) is 0 Å². The van der Waals surface area contributed by atoms with Gasteiger partial charge in [0.25, 0.3) is 5.91 Å². The smallest absolute Gasteiger partial charge is 0.303 e. The molecule has 3 N–H and O–H groups in total. The largest absolute Gasteiger partial charge is 0.497 e. The quantitative estimate of drug-likeness (QED) is 0.321. The van der Waals surface area contributed by atoms with Crippen molar-refractivity contribution in [1.82, 2.24) is 10.6 Å². The molecule has 25 heavy (non-hydrogen) atoms. The Morgan fingerprint density at radius 2 is 1.96 bits per heavy atom. The van der Waals surface area contributed by atoms with Crippen LogP contribution < -0.4 is 15.4 Å². The van der Waals surface area contributed by atoms with Gasteiger partial charge in [-0.3, -0.25) is 9.59 Å². The van der Waals surface area contributed by atoms with E-state index in [4.69, 9.17) is 15.1 Å². The van der Waals surface area contributed by atoms with Gasteiger partial charge in [0, 0.05) is 25.7 Å². The Balaban J connectivity index is 2.32. The Bertz CT molecular complexity index is 633. The van der Waals surface area contributed by atoms with Crippen molar-refractivity contribution in [2.45, 2.75) is 32.2 Å². The molecule has 1 rings (SSSR count). The Kier molecular flexibility index (Phi) is 9.23. The molecule has 0 unspecified atom stereocenters. The van der Waals surface area contributed by atoms with Crippen molar-refractivity contribution in [3.05, 3.63) is 41.6 Å². The average Bonchev–Trinajstić information content (AvgIpc) is 2.62. The summed E-state index contributed by atoms with van der Waals surface area (Å²) in [6, 6.07) is 9.14. The normalized spacial score (nSPS) is 10.6. The molecule has 0 heterocycles. The average molecular weight is 345 g/mol. The molecule has 0 aliphatic carbocycles. The van der Waals surface area contributed by atoms with E-state index in [1.165, 1.54) is 6.20 Å². The number of carboxylic acid groups (broad SMARTS) is 1. The molecule has 7 nitrogen and oxygen atoms in total. The van der Waals surface area contributed by atoms with Crippen LogP contribution in [0.5, 0.6) is 5.75 Å². The monoisotopic (exact) mass is 345 g/mol. The number of hydrogen-bond acceptors (Lipinski definition) is 5. The Morgan fingerprint density at radius 3 is 2.56 bits per heavy atom. The third-order valence-corrected chi connectivity index (χ3v) is 3.44. The summed E-state index contributed by atoms with van der Waals surface area (Å²) in [6.07, 6.45) is 3.72. The Hall–Kier alpha value is -3.01. The van der Waals surface area contributed by atoms with E-state index in [0.29, 0.717) is 19.5 Å². The van der Waals surface area contributed by atoms with Crippen LogP contribution in [0.2, 0.25) is 0 Å². The molecule has 134 valence electrons. The number of amides is 1. The third kappa shape index (κ3) is 8.42. The highest BCUT2D eigenvalue weighted by atomic mass is 16.5. The summed E-state index contributed by atoms with van der Waals surface area (Å²) in [5.74, 6) is -0.509. The van der Waals surface area contributed by atoms with Crippen LogP contribution in [-0.2, 0) is 16.1 Å². The Labute approximate surface area is 147 Å². The number of nitriles is 1. The number of hydrogen-bond donors (Lipinski definition) is 3. The van der Waals surface area contributed by atoms with Crippen molar-refractivity contribution in [3.8, 4) is 11.8 Å². The SMILES string of the molecule is COc1ccc(CNC(=O)/C(C#N)=C\NCCCCCC(=O)O)cc1.